The average Bonchev–Trinajstić information content (AvgIpc) is 2.30. The summed E-state index contributed by atoms with van der Waals surface area (Å²) in [6.45, 7) is 5.97. The van der Waals surface area contributed by atoms with E-state index in [9.17, 15) is 5.11 Å². The summed E-state index contributed by atoms with van der Waals surface area (Å²) in [4.78, 5) is 0. The molecular weight excluding hydrogens is 226 g/mol. The topological polar surface area (TPSA) is 57.1 Å². The maximum Gasteiger partial charge on any atom is 0.133 e. The van der Waals surface area contributed by atoms with Gasteiger partial charge in [-0.3, -0.25) is 0 Å². The molecule has 2 aliphatic rings. The lowest BCUT2D eigenvalue weighted by Gasteiger charge is -2.47. The van der Waals surface area contributed by atoms with Gasteiger partial charge in [-0.25, -0.2) is 0 Å². The molecule has 1 aromatic carbocycles. The molecule has 3 rings (SSSR count). The molecule has 1 aliphatic carbocycles. The summed E-state index contributed by atoms with van der Waals surface area (Å²) in [6, 6.07) is 0.235. The zero-order valence-corrected chi connectivity index (χ0v) is 11.5. The van der Waals surface area contributed by atoms with Crippen LogP contribution in [0, 0.1) is 20.8 Å². The lowest BCUT2D eigenvalue weighted by molar-refractivity contribution is -0.438. The van der Waals surface area contributed by atoms with E-state index in [0.717, 1.165) is 47.3 Å². The van der Waals surface area contributed by atoms with Crippen LogP contribution in [0.1, 0.15) is 54.0 Å². The second-order valence-corrected chi connectivity index (χ2v) is 6.01. The number of hydrogen-bond acceptors (Lipinski definition) is 2. The van der Waals surface area contributed by atoms with Gasteiger partial charge in [0.1, 0.15) is 23.1 Å². The van der Waals surface area contributed by atoms with Gasteiger partial charge in [0.05, 0.1) is 5.56 Å². The number of ether oxygens (including phenoxy) is 1. The first-order chi connectivity index (χ1) is 8.45. The second-order valence-electron chi connectivity index (χ2n) is 6.01. The minimum Gasteiger partial charge on any atom is -0.507 e. The Bertz CT molecular complexity index is 518. The molecule has 0 radical (unpaired) electrons. The Labute approximate surface area is 108 Å². The van der Waals surface area contributed by atoms with E-state index in [2.05, 4.69) is 5.73 Å². The van der Waals surface area contributed by atoms with E-state index in [1.165, 1.54) is 6.42 Å². The van der Waals surface area contributed by atoms with Crippen molar-refractivity contribution in [1.29, 1.82) is 0 Å². The van der Waals surface area contributed by atoms with Crippen LogP contribution in [0.2, 0.25) is 0 Å². The molecule has 1 fully saturated rings. The summed E-state index contributed by atoms with van der Waals surface area (Å²) in [5.41, 5.74) is 8.42. The Balaban J connectivity index is 2.19. The van der Waals surface area contributed by atoms with Gasteiger partial charge >= 0.3 is 0 Å². The van der Waals surface area contributed by atoms with Gasteiger partial charge in [-0.15, -0.1) is 0 Å². The van der Waals surface area contributed by atoms with Crippen molar-refractivity contribution in [2.45, 2.75) is 58.1 Å². The molecule has 1 spiro atoms. The fraction of sp³-hybridized carbons (Fsp3) is 0.600. The lowest BCUT2D eigenvalue weighted by atomic mass is 9.72. The van der Waals surface area contributed by atoms with Crippen molar-refractivity contribution in [3.8, 4) is 11.5 Å². The van der Waals surface area contributed by atoms with E-state index < -0.39 is 0 Å². The summed E-state index contributed by atoms with van der Waals surface area (Å²) in [5, 5.41) is 10.2. The normalized spacial score (nSPS) is 24.3. The van der Waals surface area contributed by atoms with Crippen LogP contribution in [-0.2, 0) is 0 Å². The first-order valence-corrected chi connectivity index (χ1v) is 6.80. The number of quaternary nitrogens is 1. The smallest absolute Gasteiger partial charge is 0.133 e. The summed E-state index contributed by atoms with van der Waals surface area (Å²) in [5.74, 6) is 1.40. The van der Waals surface area contributed by atoms with Gasteiger partial charge < -0.3 is 15.6 Å². The minimum absolute atomic E-state index is 0.0417. The summed E-state index contributed by atoms with van der Waals surface area (Å²) >= 11 is 0. The number of phenolic OH excluding ortho intramolecular Hbond substituents is 1. The zero-order valence-electron chi connectivity index (χ0n) is 11.5. The number of benzene rings is 1. The van der Waals surface area contributed by atoms with Crippen molar-refractivity contribution in [3.63, 3.8) is 0 Å². The Morgan fingerprint density at radius 3 is 2.39 bits per heavy atom. The number of fused-ring (bicyclic) bond motifs is 1. The van der Waals surface area contributed by atoms with Crippen molar-refractivity contribution in [1.82, 2.24) is 0 Å². The first kappa shape index (κ1) is 11.8. The summed E-state index contributed by atoms with van der Waals surface area (Å²) in [7, 11) is 0. The Kier molecular flexibility index (Phi) is 2.39. The van der Waals surface area contributed by atoms with Crippen LogP contribution in [0.5, 0.6) is 11.5 Å². The maximum absolute atomic E-state index is 10.2. The molecule has 1 saturated carbocycles. The SMILES string of the molecule is Cc1c(C)c2c(c(C)c1O)C([NH3+])CC1(CCC1)O2. The van der Waals surface area contributed by atoms with Crippen molar-refractivity contribution in [3.05, 3.63) is 22.3 Å². The first-order valence-electron chi connectivity index (χ1n) is 6.80. The molecule has 1 unspecified atom stereocenters. The van der Waals surface area contributed by atoms with E-state index >= 15 is 0 Å². The fourth-order valence-electron chi connectivity index (χ4n) is 3.44. The molecule has 0 saturated heterocycles. The standard InChI is InChI=1S/C15H21NO2/c1-8-9(2)14-12(10(3)13(8)17)11(16)7-15(18-14)5-4-6-15/h11,17H,4-7,16H2,1-3H3/p+1. The van der Waals surface area contributed by atoms with Crippen LogP contribution in [0.4, 0.5) is 0 Å². The molecule has 1 heterocycles. The maximum atomic E-state index is 10.2. The van der Waals surface area contributed by atoms with Gasteiger partial charge in [0.15, 0.2) is 0 Å². The highest BCUT2D eigenvalue weighted by atomic mass is 16.5. The van der Waals surface area contributed by atoms with E-state index in [0.29, 0.717) is 5.75 Å². The fourth-order valence-corrected chi connectivity index (χ4v) is 3.44. The van der Waals surface area contributed by atoms with Crippen LogP contribution >= 0.6 is 0 Å². The predicted octanol–water partition coefficient (Wildman–Crippen LogP) is 2.31. The van der Waals surface area contributed by atoms with E-state index in [-0.39, 0.29) is 11.6 Å². The molecular formula is C15H22NO2+. The van der Waals surface area contributed by atoms with Crippen LogP contribution in [-0.4, -0.2) is 10.7 Å². The summed E-state index contributed by atoms with van der Waals surface area (Å²) < 4.78 is 6.32. The monoisotopic (exact) mass is 248 g/mol. The zero-order chi connectivity index (χ0) is 13.1. The molecule has 3 nitrogen and oxygen atoms in total. The van der Waals surface area contributed by atoms with E-state index in [4.69, 9.17) is 4.74 Å². The molecule has 1 aromatic rings. The number of phenols is 1. The Morgan fingerprint density at radius 1 is 1.17 bits per heavy atom. The van der Waals surface area contributed by atoms with Crippen LogP contribution < -0.4 is 10.5 Å². The quantitative estimate of drug-likeness (QED) is 0.740. The third kappa shape index (κ3) is 1.40. The van der Waals surface area contributed by atoms with Gasteiger partial charge in [0.2, 0.25) is 0 Å². The van der Waals surface area contributed by atoms with Gasteiger partial charge in [-0.05, 0) is 51.2 Å². The largest absolute Gasteiger partial charge is 0.507 e. The predicted molar refractivity (Wildman–Crippen MR) is 69.8 cm³/mol. The van der Waals surface area contributed by atoms with Gasteiger partial charge in [0, 0.05) is 12.0 Å². The number of aromatic hydroxyl groups is 1. The van der Waals surface area contributed by atoms with Crippen LogP contribution in [0.3, 0.4) is 0 Å². The molecule has 98 valence electrons. The van der Waals surface area contributed by atoms with Crippen LogP contribution in [0.25, 0.3) is 0 Å². The Morgan fingerprint density at radius 2 is 1.83 bits per heavy atom. The van der Waals surface area contributed by atoms with Gasteiger partial charge in [-0.2, -0.15) is 0 Å². The van der Waals surface area contributed by atoms with Crippen molar-refractivity contribution in [2.75, 3.05) is 0 Å². The van der Waals surface area contributed by atoms with Gasteiger partial charge in [-0.1, -0.05) is 0 Å². The highest BCUT2D eigenvalue weighted by molar-refractivity contribution is 5.59. The van der Waals surface area contributed by atoms with E-state index in [1.54, 1.807) is 0 Å². The summed E-state index contributed by atoms with van der Waals surface area (Å²) in [6.07, 6.45) is 4.55. The third-order valence-electron chi connectivity index (χ3n) is 4.87. The van der Waals surface area contributed by atoms with E-state index in [1.807, 2.05) is 20.8 Å². The van der Waals surface area contributed by atoms with Crippen LogP contribution in [0.15, 0.2) is 0 Å². The highest BCUT2D eigenvalue weighted by Gasteiger charge is 2.47. The lowest BCUT2D eigenvalue weighted by Crippen LogP contribution is -2.61. The molecule has 4 N–H and O–H groups in total. The second kappa shape index (κ2) is 3.64. The molecule has 1 aliphatic heterocycles. The third-order valence-corrected chi connectivity index (χ3v) is 4.87. The molecule has 0 bridgehead atoms. The highest BCUT2D eigenvalue weighted by Crippen LogP contribution is 2.51. The molecule has 18 heavy (non-hydrogen) atoms. The molecule has 3 heteroatoms. The average molecular weight is 248 g/mol. The minimum atomic E-state index is 0.0417. The number of rotatable bonds is 0. The number of hydrogen-bond donors (Lipinski definition) is 2. The van der Waals surface area contributed by atoms with Crippen molar-refractivity contribution < 1.29 is 15.6 Å². The van der Waals surface area contributed by atoms with Gasteiger partial charge in [0.25, 0.3) is 0 Å². The van der Waals surface area contributed by atoms with Crippen molar-refractivity contribution in [2.24, 2.45) is 0 Å². The molecule has 1 atom stereocenters. The molecule has 0 amide bonds. The molecule has 0 aromatic heterocycles. The van der Waals surface area contributed by atoms with Crippen molar-refractivity contribution >= 4 is 0 Å². The Hall–Kier alpha value is -1.22.